The molecule has 0 saturated carbocycles. The standard InChI is InChI=1S/C14H16FN3S/c1-14(2)5-10(16)12-11(6-14)18-13(19-12)8-3-4-17-7-9(8)15/h3-4,7,10H,5-6,16H2,1-2H3. The Bertz CT molecular complexity index is 621. The Balaban J connectivity index is 2.07. The van der Waals surface area contributed by atoms with Crippen LogP contribution in [0, 0.1) is 11.2 Å². The van der Waals surface area contributed by atoms with Crippen LogP contribution in [0.2, 0.25) is 0 Å². The first-order valence-electron chi connectivity index (χ1n) is 6.31. The lowest BCUT2D eigenvalue weighted by atomic mass is 9.77. The number of aromatic nitrogens is 2. The van der Waals surface area contributed by atoms with Gasteiger partial charge in [0.25, 0.3) is 0 Å². The highest BCUT2D eigenvalue weighted by Crippen LogP contribution is 2.43. The van der Waals surface area contributed by atoms with Gasteiger partial charge in [0.2, 0.25) is 0 Å². The number of hydrogen-bond acceptors (Lipinski definition) is 4. The van der Waals surface area contributed by atoms with Crippen molar-refractivity contribution in [2.45, 2.75) is 32.7 Å². The Morgan fingerprint density at radius 3 is 3.00 bits per heavy atom. The molecular weight excluding hydrogens is 261 g/mol. The molecule has 2 N–H and O–H groups in total. The van der Waals surface area contributed by atoms with Crippen LogP contribution >= 0.6 is 11.3 Å². The number of hydrogen-bond donors (Lipinski definition) is 1. The molecule has 19 heavy (non-hydrogen) atoms. The van der Waals surface area contributed by atoms with Crippen molar-refractivity contribution in [2.75, 3.05) is 0 Å². The monoisotopic (exact) mass is 277 g/mol. The third kappa shape index (κ3) is 2.28. The van der Waals surface area contributed by atoms with E-state index in [2.05, 4.69) is 23.8 Å². The maximum atomic E-state index is 13.8. The molecular formula is C14H16FN3S. The van der Waals surface area contributed by atoms with Crippen molar-refractivity contribution in [1.29, 1.82) is 0 Å². The van der Waals surface area contributed by atoms with Gasteiger partial charge in [0.15, 0.2) is 5.82 Å². The van der Waals surface area contributed by atoms with E-state index in [-0.39, 0.29) is 17.3 Å². The highest BCUT2D eigenvalue weighted by atomic mass is 32.1. The normalized spacial score (nSPS) is 21.2. The summed E-state index contributed by atoms with van der Waals surface area (Å²) < 4.78 is 13.8. The SMILES string of the molecule is CC1(C)Cc2nc(-c3ccncc3F)sc2C(N)C1. The number of rotatable bonds is 1. The Kier molecular flexibility index (Phi) is 2.91. The smallest absolute Gasteiger partial charge is 0.151 e. The molecule has 2 heterocycles. The van der Waals surface area contributed by atoms with Gasteiger partial charge in [-0.25, -0.2) is 9.37 Å². The Morgan fingerprint density at radius 1 is 1.47 bits per heavy atom. The topological polar surface area (TPSA) is 51.8 Å². The Hall–Kier alpha value is -1.33. The predicted octanol–water partition coefficient (Wildman–Crippen LogP) is 3.32. The van der Waals surface area contributed by atoms with Gasteiger partial charge in [-0.1, -0.05) is 13.8 Å². The fourth-order valence-corrected chi connectivity index (χ4v) is 3.77. The van der Waals surface area contributed by atoms with Crippen molar-refractivity contribution >= 4 is 11.3 Å². The van der Waals surface area contributed by atoms with Gasteiger partial charge in [0, 0.05) is 22.7 Å². The molecule has 1 aliphatic carbocycles. The molecule has 1 atom stereocenters. The molecule has 0 fully saturated rings. The molecule has 0 saturated heterocycles. The lowest BCUT2D eigenvalue weighted by molar-refractivity contribution is 0.282. The summed E-state index contributed by atoms with van der Waals surface area (Å²) in [5.74, 6) is -0.332. The van der Waals surface area contributed by atoms with Crippen LogP contribution in [0.15, 0.2) is 18.5 Å². The van der Waals surface area contributed by atoms with Crippen molar-refractivity contribution in [3.63, 3.8) is 0 Å². The minimum atomic E-state index is -0.332. The van der Waals surface area contributed by atoms with Crippen LogP contribution in [-0.2, 0) is 6.42 Å². The molecule has 0 aromatic carbocycles. The van der Waals surface area contributed by atoms with Crippen LogP contribution in [0.1, 0.15) is 36.9 Å². The number of thiazole rings is 1. The lowest BCUT2D eigenvalue weighted by Crippen LogP contribution is -2.28. The fourth-order valence-electron chi connectivity index (χ4n) is 2.66. The molecule has 2 aromatic heterocycles. The molecule has 0 bridgehead atoms. The summed E-state index contributed by atoms with van der Waals surface area (Å²) in [6.07, 6.45) is 4.65. The van der Waals surface area contributed by atoms with E-state index in [1.54, 1.807) is 12.3 Å². The van der Waals surface area contributed by atoms with E-state index >= 15 is 0 Å². The lowest BCUT2D eigenvalue weighted by Gasteiger charge is -2.32. The van der Waals surface area contributed by atoms with E-state index < -0.39 is 0 Å². The summed E-state index contributed by atoms with van der Waals surface area (Å²) in [6.45, 7) is 4.39. The molecule has 1 unspecified atom stereocenters. The molecule has 3 nitrogen and oxygen atoms in total. The number of halogens is 1. The molecule has 5 heteroatoms. The molecule has 1 aliphatic rings. The maximum absolute atomic E-state index is 13.8. The number of fused-ring (bicyclic) bond motifs is 1. The van der Waals surface area contributed by atoms with Crippen LogP contribution in [-0.4, -0.2) is 9.97 Å². The van der Waals surface area contributed by atoms with E-state index in [4.69, 9.17) is 5.73 Å². The van der Waals surface area contributed by atoms with E-state index in [0.29, 0.717) is 10.6 Å². The average molecular weight is 277 g/mol. The van der Waals surface area contributed by atoms with E-state index in [9.17, 15) is 4.39 Å². The number of nitrogens with two attached hydrogens (primary N) is 1. The van der Waals surface area contributed by atoms with Crippen LogP contribution in [0.25, 0.3) is 10.6 Å². The second-order valence-electron chi connectivity index (χ2n) is 5.84. The zero-order valence-corrected chi connectivity index (χ0v) is 11.8. The molecule has 0 amide bonds. The van der Waals surface area contributed by atoms with Gasteiger partial charge < -0.3 is 5.73 Å². The van der Waals surface area contributed by atoms with Crippen molar-refractivity contribution in [2.24, 2.45) is 11.1 Å². The first-order chi connectivity index (χ1) is 8.96. The zero-order chi connectivity index (χ0) is 13.6. The fraction of sp³-hybridized carbons (Fsp3) is 0.429. The largest absolute Gasteiger partial charge is 0.323 e. The summed E-state index contributed by atoms with van der Waals surface area (Å²) in [7, 11) is 0. The summed E-state index contributed by atoms with van der Waals surface area (Å²) in [5.41, 5.74) is 7.92. The highest BCUT2D eigenvalue weighted by molar-refractivity contribution is 7.15. The quantitative estimate of drug-likeness (QED) is 0.870. The molecule has 0 radical (unpaired) electrons. The van der Waals surface area contributed by atoms with Crippen LogP contribution in [0.4, 0.5) is 4.39 Å². The summed E-state index contributed by atoms with van der Waals surface area (Å²) in [4.78, 5) is 9.47. The maximum Gasteiger partial charge on any atom is 0.151 e. The molecule has 3 rings (SSSR count). The van der Waals surface area contributed by atoms with Gasteiger partial charge in [-0.05, 0) is 24.3 Å². The predicted molar refractivity (Wildman–Crippen MR) is 74.3 cm³/mol. The van der Waals surface area contributed by atoms with Gasteiger partial charge in [-0.2, -0.15) is 0 Å². The second kappa shape index (κ2) is 4.35. The first kappa shape index (κ1) is 12.7. The zero-order valence-electron chi connectivity index (χ0n) is 11.0. The van der Waals surface area contributed by atoms with Crippen LogP contribution < -0.4 is 5.73 Å². The van der Waals surface area contributed by atoms with Crippen LogP contribution in [0.5, 0.6) is 0 Å². The average Bonchev–Trinajstić information content (AvgIpc) is 2.71. The minimum Gasteiger partial charge on any atom is -0.323 e. The van der Waals surface area contributed by atoms with Gasteiger partial charge in [-0.3, -0.25) is 4.98 Å². The van der Waals surface area contributed by atoms with Crippen molar-refractivity contribution in [3.8, 4) is 10.6 Å². The summed E-state index contributed by atoms with van der Waals surface area (Å²) in [5, 5.41) is 0.707. The number of pyridine rings is 1. The van der Waals surface area contributed by atoms with Gasteiger partial charge >= 0.3 is 0 Å². The van der Waals surface area contributed by atoms with Crippen molar-refractivity contribution < 1.29 is 4.39 Å². The third-order valence-corrected chi connectivity index (χ3v) is 4.75. The molecule has 100 valence electrons. The number of nitrogens with zero attached hydrogens (tertiary/aromatic N) is 2. The summed E-state index contributed by atoms with van der Waals surface area (Å²) >= 11 is 1.51. The van der Waals surface area contributed by atoms with Gasteiger partial charge in [-0.15, -0.1) is 11.3 Å². The summed E-state index contributed by atoms with van der Waals surface area (Å²) in [6, 6.07) is 1.67. The van der Waals surface area contributed by atoms with Crippen molar-refractivity contribution in [3.05, 3.63) is 34.8 Å². The van der Waals surface area contributed by atoms with Crippen LogP contribution in [0.3, 0.4) is 0 Å². The Labute approximate surface area is 115 Å². The van der Waals surface area contributed by atoms with Gasteiger partial charge in [0.05, 0.1) is 11.9 Å². The molecule has 0 spiro atoms. The minimum absolute atomic E-state index is 0.00917. The Morgan fingerprint density at radius 2 is 2.26 bits per heavy atom. The van der Waals surface area contributed by atoms with Gasteiger partial charge in [0.1, 0.15) is 5.01 Å². The third-order valence-electron chi connectivity index (χ3n) is 3.49. The van der Waals surface area contributed by atoms with Crippen molar-refractivity contribution in [1.82, 2.24) is 9.97 Å². The first-order valence-corrected chi connectivity index (χ1v) is 7.13. The molecule has 2 aromatic rings. The second-order valence-corrected chi connectivity index (χ2v) is 6.87. The van der Waals surface area contributed by atoms with E-state index in [1.807, 2.05) is 0 Å². The highest BCUT2D eigenvalue weighted by Gasteiger charge is 2.33. The van der Waals surface area contributed by atoms with E-state index in [1.165, 1.54) is 17.5 Å². The molecule has 0 aliphatic heterocycles. The van der Waals surface area contributed by atoms with E-state index in [0.717, 1.165) is 23.4 Å².